The molecular weight excluding hydrogens is 144 g/mol. The highest BCUT2D eigenvalue weighted by atomic mass is 16.6. The van der Waals surface area contributed by atoms with Crippen LogP contribution >= 0.6 is 0 Å². The number of nitrogens with one attached hydrogen (secondary N) is 2. The molecule has 4 nitrogen and oxygen atoms in total. The molecule has 1 amide bonds. The number of carbonyl (C=O) groups excluding carboxylic acids is 1. The van der Waals surface area contributed by atoms with Crippen molar-refractivity contribution in [2.24, 2.45) is 0 Å². The largest absolute Gasteiger partial charge is 0.353 e. The first-order valence-corrected chi connectivity index (χ1v) is 3.80. The van der Waals surface area contributed by atoms with Crippen molar-refractivity contribution in [3.63, 3.8) is 0 Å². The van der Waals surface area contributed by atoms with E-state index in [4.69, 9.17) is 4.84 Å². The van der Waals surface area contributed by atoms with Gasteiger partial charge in [-0.1, -0.05) is 0 Å². The van der Waals surface area contributed by atoms with E-state index < -0.39 is 0 Å². The average molecular weight is 160 g/mol. The molecule has 0 unspecified atom stereocenters. The van der Waals surface area contributed by atoms with Crippen LogP contribution in [-0.2, 0) is 9.63 Å². The zero-order chi connectivity index (χ0) is 8.69. The van der Waals surface area contributed by atoms with E-state index in [1.807, 2.05) is 20.8 Å². The molecule has 0 rings (SSSR count). The van der Waals surface area contributed by atoms with Crippen molar-refractivity contribution >= 4 is 5.91 Å². The van der Waals surface area contributed by atoms with E-state index in [-0.39, 0.29) is 18.5 Å². The SMILES string of the molecule is CCONCC(=O)NC(C)C. The van der Waals surface area contributed by atoms with Gasteiger partial charge in [-0.3, -0.25) is 4.79 Å². The number of hydrogen-bond donors (Lipinski definition) is 2. The molecule has 11 heavy (non-hydrogen) atoms. The highest BCUT2D eigenvalue weighted by Gasteiger charge is 2.00. The third-order valence-electron chi connectivity index (χ3n) is 0.929. The number of rotatable bonds is 5. The van der Waals surface area contributed by atoms with Gasteiger partial charge >= 0.3 is 0 Å². The van der Waals surface area contributed by atoms with Crippen molar-refractivity contribution in [3.05, 3.63) is 0 Å². The van der Waals surface area contributed by atoms with E-state index in [1.54, 1.807) is 0 Å². The maximum Gasteiger partial charge on any atom is 0.236 e. The van der Waals surface area contributed by atoms with Gasteiger partial charge < -0.3 is 10.2 Å². The first-order chi connectivity index (χ1) is 5.16. The van der Waals surface area contributed by atoms with Gasteiger partial charge in [0, 0.05) is 6.04 Å². The summed E-state index contributed by atoms with van der Waals surface area (Å²) in [5, 5.41) is 2.72. The molecule has 0 radical (unpaired) electrons. The summed E-state index contributed by atoms with van der Waals surface area (Å²) in [5.41, 5.74) is 2.53. The second kappa shape index (κ2) is 6.12. The molecule has 0 saturated heterocycles. The van der Waals surface area contributed by atoms with E-state index in [9.17, 15) is 4.79 Å². The molecule has 0 fully saturated rings. The molecule has 4 heteroatoms. The number of hydroxylamine groups is 1. The predicted molar refractivity (Wildman–Crippen MR) is 42.9 cm³/mol. The van der Waals surface area contributed by atoms with E-state index in [0.717, 1.165) is 0 Å². The summed E-state index contributed by atoms with van der Waals surface area (Å²) in [7, 11) is 0. The van der Waals surface area contributed by atoms with Crippen LogP contribution in [0.3, 0.4) is 0 Å². The molecule has 0 saturated carbocycles. The maximum absolute atomic E-state index is 10.9. The molecule has 0 heterocycles. The van der Waals surface area contributed by atoms with Crippen LogP contribution in [0, 0.1) is 0 Å². The summed E-state index contributed by atoms with van der Waals surface area (Å²) in [5.74, 6) is -0.0477. The minimum absolute atomic E-state index is 0.0477. The molecule has 0 aliphatic rings. The lowest BCUT2D eigenvalue weighted by molar-refractivity contribution is -0.123. The monoisotopic (exact) mass is 160 g/mol. The van der Waals surface area contributed by atoms with Crippen molar-refractivity contribution in [2.45, 2.75) is 26.8 Å². The van der Waals surface area contributed by atoms with Gasteiger partial charge in [-0.25, -0.2) is 0 Å². The van der Waals surface area contributed by atoms with Gasteiger partial charge in [0.1, 0.15) is 0 Å². The molecular formula is C7H16N2O2. The molecule has 0 bridgehead atoms. The topological polar surface area (TPSA) is 50.4 Å². The number of hydrogen-bond acceptors (Lipinski definition) is 3. The van der Waals surface area contributed by atoms with Crippen LogP contribution in [-0.4, -0.2) is 25.1 Å². The molecule has 0 aromatic heterocycles. The van der Waals surface area contributed by atoms with Gasteiger partial charge in [0.05, 0.1) is 13.2 Å². The molecule has 0 atom stereocenters. The second-order valence-corrected chi connectivity index (χ2v) is 2.48. The fraction of sp³-hybridized carbons (Fsp3) is 0.857. The Labute approximate surface area is 67.3 Å². The smallest absolute Gasteiger partial charge is 0.236 e. The molecule has 0 spiro atoms. The van der Waals surface area contributed by atoms with Crippen LogP contribution in [0.1, 0.15) is 20.8 Å². The maximum atomic E-state index is 10.9. The van der Waals surface area contributed by atoms with Crippen molar-refractivity contribution in [1.82, 2.24) is 10.8 Å². The zero-order valence-electron chi connectivity index (χ0n) is 7.31. The normalized spacial score (nSPS) is 10.2. The van der Waals surface area contributed by atoms with Gasteiger partial charge in [-0.15, -0.1) is 0 Å². The van der Waals surface area contributed by atoms with E-state index >= 15 is 0 Å². The molecule has 2 N–H and O–H groups in total. The lowest BCUT2D eigenvalue weighted by Crippen LogP contribution is -2.37. The Morgan fingerprint density at radius 2 is 2.18 bits per heavy atom. The van der Waals surface area contributed by atoms with E-state index in [1.165, 1.54) is 0 Å². The van der Waals surface area contributed by atoms with Gasteiger partial charge in [0.2, 0.25) is 5.91 Å². The molecule has 0 aliphatic heterocycles. The highest BCUT2D eigenvalue weighted by molar-refractivity contribution is 5.78. The van der Waals surface area contributed by atoms with Crippen molar-refractivity contribution in [1.29, 1.82) is 0 Å². The zero-order valence-corrected chi connectivity index (χ0v) is 7.31. The third-order valence-corrected chi connectivity index (χ3v) is 0.929. The lowest BCUT2D eigenvalue weighted by atomic mass is 10.4. The average Bonchev–Trinajstić information content (AvgIpc) is 1.86. The molecule has 0 aromatic carbocycles. The van der Waals surface area contributed by atoms with Crippen LogP contribution in [0.15, 0.2) is 0 Å². The standard InChI is InChI=1S/C7H16N2O2/c1-4-11-8-5-7(10)9-6(2)3/h6,8H,4-5H2,1-3H3,(H,9,10). The Morgan fingerprint density at radius 1 is 1.55 bits per heavy atom. The first kappa shape index (κ1) is 10.4. The molecule has 0 aromatic rings. The minimum atomic E-state index is -0.0477. The van der Waals surface area contributed by atoms with E-state index in [0.29, 0.717) is 6.61 Å². The van der Waals surface area contributed by atoms with Crippen LogP contribution in [0.5, 0.6) is 0 Å². The number of amides is 1. The van der Waals surface area contributed by atoms with Gasteiger partial charge in [0.15, 0.2) is 0 Å². The summed E-state index contributed by atoms with van der Waals surface area (Å²) in [4.78, 5) is 15.6. The Morgan fingerprint density at radius 3 is 2.64 bits per heavy atom. The lowest BCUT2D eigenvalue weighted by Gasteiger charge is -2.08. The summed E-state index contributed by atoms with van der Waals surface area (Å²) < 4.78 is 0. The molecule has 0 aliphatic carbocycles. The summed E-state index contributed by atoms with van der Waals surface area (Å²) >= 11 is 0. The van der Waals surface area contributed by atoms with Crippen LogP contribution in [0.4, 0.5) is 0 Å². The Kier molecular flexibility index (Phi) is 5.78. The Hall–Kier alpha value is -0.610. The number of carbonyl (C=O) groups is 1. The van der Waals surface area contributed by atoms with Gasteiger partial charge in [0.25, 0.3) is 0 Å². The summed E-state index contributed by atoms with van der Waals surface area (Å²) in [6.07, 6.45) is 0. The molecule has 66 valence electrons. The third kappa shape index (κ3) is 7.29. The first-order valence-electron chi connectivity index (χ1n) is 3.80. The summed E-state index contributed by atoms with van der Waals surface area (Å²) in [6, 6.07) is 0.186. The van der Waals surface area contributed by atoms with Gasteiger partial charge in [-0.2, -0.15) is 5.48 Å². The fourth-order valence-electron chi connectivity index (χ4n) is 0.592. The Balaban J connectivity index is 3.23. The van der Waals surface area contributed by atoms with E-state index in [2.05, 4.69) is 10.8 Å². The Bertz CT molecular complexity index is 115. The van der Waals surface area contributed by atoms with Crippen LogP contribution < -0.4 is 10.8 Å². The second-order valence-electron chi connectivity index (χ2n) is 2.48. The highest BCUT2D eigenvalue weighted by Crippen LogP contribution is 1.75. The van der Waals surface area contributed by atoms with Crippen molar-refractivity contribution in [3.8, 4) is 0 Å². The predicted octanol–water partition coefficient (Wildman–Crippen LogP) is 0.0521. The minimum Gasteiger partial charge on any atom is -0.353 e. The fourth-order valence-corrected chi connectivity index (χ4v) is 0.592. The summed E-state index contributed by atoms with van der Waals surface area (Å²) in [6.45, 7) is 6.46. The van der Waals surface area contributed by atoms with Crippen molar-refractivity contribution < 1.29 is 9.63 Å². The quantitative estimate of drug-likeness (QED) is 0.441. The van der Waals surface area contributed by atoms with Gasteiger partial charge in [-0.05, 0) is 20.8 Å². The van der Waals surface area contributed by atoms with Crippen LogP contribution in [0.25, 0.3) is 0 Å². The van der Waals surface area contributed by atoms with Crippen LogP contribution in [0.2, 0.25) is 0 Å². The van der Waals surface area contributed by atoms with Crippen molar-refractivity contribution in [2.75, 3.05) is 13.2 Å².